The van der Waals surface area contributed by atoms with Gasteiger partial charge in [0.2, 0.25) is 11.8 Å². The van der Waals surface area contributed by atoms with E-state index < -0.39 is 36.6 Å². The van der Waals surface area contributed by atoms with Gasteiger partial charge in [0.25, 0.3) is 0 Å². The van der Waals surface area contributed by atoms with Crippen LogP contribution in [0.5, 0.6) is 5.88 Å². The number of allylic oxidation sites excluding steroid dienone is 1. The average Bonchev–Trinajstić information content (AvgIpc) is 3.33. The number of aliphatic hydroxyl groups is 2. The minimum absolute atomic E-state index is 0.0271. The zero-order valence-electron chi connectivity index (χ0n) is 16.6. The summed E-state index contributed by atoms with van der Waals surface area (Å²) in [6, 6.07) is 0. The summed E-state index contributed by atoms with van der Waals surface area (Å²) in [5.74, 6) is -0.669. The number of anilines is 1. The van der Waals surface area contributed by atoms with Gasteiger partial charge in [-0.05, 0) is 6.92 Å². The summed E-state index contributed by atoms with van der Waals surface area (Å²) in [4.78, 5) is 32.7. The molecule has 0 saturated carbocycles. The molecule has 13 nitrogen and oxygen atoms in total. The fourth-order valence-electron chi connectivity index (χ4n) is 3.50. The Labute approximate surface area is 173 Å². The molecule has 0 bridgehead atoms. The molecule has 0 spiro atoms. The number of nitrogen functional groups attached to an aromatic ring is 1. The maximum atomic E-state index is 13.2. The fourth-order valence-corrected chi connectivity index (χ4v) is 3.50. The molecule has 4 heterocycles. The summed E-state index contributed by atoms with van der Waals surface area (Å²) in [5.41, 5.74) is 5.66. The van der Waals surface area contributed by atoms with Gasteiger partial charge in [-0.3, -0.25) is 4.57 Å². The number of ether oxygens (including phenoxy) is 2. The highest BCUT2D eigenvalue weighted by Gasteiger charge is 2.37. The lowest BCUT2D eigenvalue weighted by molar-refractivity contribution is -0.0443. The second-order valence-electron chi connectivity index (χ2n) is 6.95. The van der Waals surface area contributed by atoms with Gasteiger partial charge in [0.1, 0.15) is 12.3 Å². The van der Waals surface area contributed by atoms with Crippen molar-refractivity contribution in [2.75, 3.05) is 12.3 Å². The number of nitrogens with two attached hydrogens (primary N) is 1. The van der Waals surface area contributed by atoms with Crippen molar-refractivity contribution in [1.82, 2.24) is 19.1 Å². The molecule has 13 heteroatoms. The van der Waals surface area contributed by atoms with E-state index in [4.69, 9.17) is 24.0 Å². The first-order valence-electron chi connectivity index (χ1n) is 9.39. The lowest BCUT2D eigenvalue weighted by Crippen LogP contribution is -2.28. The van der Waals surface area contributed by atoms with E-state index in [-0.39, 0.29) is 54.1 Å². The highest BCUT2D eigenvalue weighted by molar-refractivity contribution is 5.78. The van der Waals surface area contributed by atoms with E-state index in [1.54, 1.807) is 0 Å². The molecule has 3 aromatic heterocycles. The molecule has 31 heavy (non-hydrogen) atoms. The first-order valence-corrected chi connectivity index (χ1v) is 9.39. The van der Waals surface area contributed by atoms with Gasteiger partial charge in [0.05, 0.1) is 12.7 Å². The molecular weight excluding hydrogens is 414 g/mol. The average molecular weight is 435 g/mol. The SMILES string of the molecule is C=CCn1c(=O)n([C@H]2C[C@H](O)[C@@H](CO)O2)c2nc(N)nc(OCc3oc(=O)oc3C)c21. The summed E-state index contributed by atoms with van der Waals surface area (Å²) < 4.78 is 23.6. The van der Waals surface area contributed by atoms with Crippen molar-refractivity contribution < 1.29 is 28.5 Å². The van der Waals surface area contributed by atoms with Crippen LogP contribution in [-0.2, 0) is 17.9 Å². The Balaban J connectivity index is 1.82. The van der Waals surface area contributed by atoms with Crippen LogP contribution in [0.1, 0.15) is 24.2 Å². The fraction of sp³-hybridized carbons (Fsp3) is 0.444. The van der Waals surface area contributed by atoms with Crippen molar-refractivity contribution in [3.05, 3.63) is 45.3 Å². The molecule has 0 aliphatic carbocycles. The quantitative estimate of drug-likeness (QED) is 0.404. The van der Waals surface area contributed by atoms with Crippen molar-refractivity contribution in [3.63, 3.8) is 0 Å². The first kappa shape index (κ1) is 20.8. The van der Waals surface area contributed by atoms with Crippen LogP contribution in [0.25, 0.3) is 11.2 Å². The summed E-state index contributed by atoms with van der Waals surface area (Å²) in [6.07, 6.45) is -1.11. The van der Waals surface area contributed by atoms with Gasteiger partial charge in [-0.15, -0.1) is 6.58 Å². The van der Waals surface area contributed by atoms with Crippen molar-refractivity contribution in [2.45, 2.75) is 44.9 Å². The van der Waals surface area contributed by atoms with Crippen molar-refractivity contribution in [1.29, 1.82) is 0 Å². The molecule has 0 radical (unpaired) electrons. The lowest BCUT2D eigenvalue weighted by atomic mass is 10.2. The molecule has 1 aliphatic rings. The predicted molar refractivity (Wildman–Crippen MR) is 104 cm³/mol. The molecule has 1 aliphatic heterocycles. The van der Waals surface area contributed by atoms with Crippen LogP contribution in [0.4, 0.5) is 5.95 Å². The highest BCUT2D eigenvalue weighted by atomic mass is 16.6. The van der Waals surface area contributed by atoms with E-state index in [1.807, 2.05) is 0 Å². The number of hydrogen-bond donors (Lipinski definition) is 3. The smallest absolute Gasteiger partial charge is 0.468 e. The molecule has 3 aromatic rings. The van der Waals surface area contributed by atoms with E-state index >= 15 is 0 Å². The summed E-state index contributed by atoms with van der Waals surface area (Å²) >= 11 is 0. The monoisotopic (exact) mass is 435 g/mol. The van der Waals surface area contributed by atoms with Gasteiger partial charge in [-0.2, -0.15) is 9.97 Å². The second-order valence-corrected chi connectivity index (χ2v) is 6.95. The maximum absolute atomic E-state index is 13.2. The van der Waals surface area contributed by atoms with Crippen LogP contribution in [0.2, 0.25) is 0 Å². The molecule has 4 N–H and O–H groups in total. The highest BCUT2D eigenvalue weighted by Crippen LogP contribution is 2.32. The van der Waals surface area contributed by atoms with Crippen molar-refractivity contribution >= 4 is 17.1 Å². The summed E-state index contributed by atoms with van der Waals surface area (Å²) in [5, 5.41) is 19.5. The lowest BCUT2D eigenvalue weighted by Gasteiger charge is -2.13. The van der Waals surface area contributed by atoms with E-state index in [0.717, 1.165) is 0 Å². The Kier molecular flexibility index (Phi) is 5.39. The van der Waals surface area contributed by atoms with Gasteiger partial charge >= 0.3 is 11.5 Å². The third-order valence-corrected chi connectivity index (χ3v) is 4.95. The minimum atomic E-state index is -0.957. The molecule has 4 rings (SSSR count). The van der Waals surface area contributed by atoms with E-state index in [9.17, 15) is 19.8 Å². The van der Waals surface area contributed by atoms with Crippen molar-refractivity contribution in [3.8, 4) is 5.88 Å². The van der Waals surface area contributed by atoms with Gasteiger partial charge < -0.3 is 34.3 Å². The second kappa shape index (κ2) is 8.02. The van der Waals surface area contributed by atoms with Crippen molar-refractivity contribution in [2.24, 2.45) is 0 Å². The molecule has 1 fully saturated rings. The van der Waals surface area contributed by atoms with Gasteiger partial charge in [0.15, 0.2) is 29.3 Å². The van der Waals surface area contributed by atoms with Crippen LogP contribution in [0.3, 0.4) is 0 Å². The van der Waals surface area contributed by atoms with Crippen LogP contribution in [0, 0.1) is 6.92 Å². The number of nitrogens with zero attached hydrogens (tertiary/aromatic N) is 4. The number of fused-ring (bicyclic) bond motifs is 1. The Morgan fingerprint density at radius 1 is 1.35 bits per heavy atom. The zero-order valence-corrected chi connectivity index (χ0v) is 16.6. The van der Waals surface area contributed by atoms with Crippen LogP contribution in [0.15, 0.2) is 31.1 Å². The number of aliphatic hydroxyl groups excluding tert-OH is 2. The number of rotatable bonds is 7. The predicted octanol–water partition coefficient (Wildman–Crippen LogP) is -0.564. The molecular formula is C18H21N5O8. The third-order valence-electron chi connectivity index (χ3n) is 4.95. The third kappa shape index (κ3) is 3.62. The maximum Gasteiger partial charge on any atom is 0.519 e. The normalized spacial score (nSPS) is 21.1. The zero-order chi connectivity index (χ0) is 22.3. The largest absolute Gasteiger partial charge is 0.519 e. The Morgan fingerprint density at radius 2 is 2.13 bits per heavy atom. The Hall–Kier alpha value is -3.42. The summed E-state index contributed by atoms with van der Waals surface area (Å²) in [7, 11) is 0. The number of hydrogen-bond acceptors (Lipinski definition) is 11. The Bertz CT molecular complexity index is 1240. The topological polar surface area (TPSA) is 181 Å². The van der Waals surface area contributed by atoms with Gasteiger partial charge in [0, 0.05) is 13.0 Å². The van der Waals surface area contributed by atoms with E-state index in [1.165, 1.54) is 22.1 Å². The first-order chi connectivity index (χ1) is 14.8. The van der Waals surface area contributed by atoms with Gasteiger partial charge in [-0.25, -0.2) is 14.2 Å². The van der Waals surface area contributed by atoms with Crippen LogP contribution >= 0.6 is 0 Å². The number of aromatic nitrogens is 4. The molecule has 0 unspecified atom stereocenters. The number of aryl methyl sites for hydroxylation is 1. The number of imidazole rings is 1. The minimum Gasteiger partial charge on any atom is -0.468 e. The molecule has 0 aromatic carbocycles. The molecule has 3 atom stereocenters. The molecule has 1 saturated heterocycles. The van der Waals surface area contributed by atoms with Crippen LogP contribution < -0.4 is 22.0 Å². The standard InChI is InChI=1S/C18H21N5O8/c1-3-4-22-13-14(23(17(22)26)12-5-9(25)10(6-24)30-12)20-16(19)21-15(13)28-7-11-8(2)29-18(27)31-11/h3,9-10,12,24-25H,1,4-7H2,2H3,(H2,19,20,21)/t9-,10+,12+/m0/s1. The molecule has 0 amide bonds. The van der Waals surface area contributed by atoms with E-state index in [0.29, 0.717) is 0 Å². The Morgan fingerprint density at radius 3 is 2.74 bits per heavy atom. The van der Waals surface area contributed by atoms with E-state index in [2.05, 4.69) is 16.5 Å². The summed E-state index contributed by atoms with van der Waals surface area (Å²) in [6.45, 7) is 4.69. The molecule has 166 valence electrons. The van der Waals surface area contributed by atoms with Gasteiger partial charge in [-0.1, -0.05) is 6.08 Å². The van der Waals surface area contributed by atoms with Crippen LogP contribution in [-0.4, -0.2) is 48.1 Å².